The van der Waals surface area contributed by atoms with Gasteiger partial charge in [-0.2, -0.15) is 0 Å². The minimum absolute atomic E-state index is 0. The van der Waals surface area contributed by atoms with Crippen LogP contribution in [0.4, 0.5) is 4.39 Å². The molecule has 0 bridgehead atoms. The number of hydrogen-bond donors (Lipinski definition) is 4. The molecule has 13 nitrogen and oxygen atoms in total. The number of carboxylic acids is 1. The number of hydrogen-bond acceptors (Lipinski definition) is 9. The average Bonchev–Trinajstić information content (AvgIpc) is 0.794. The number of halogens is 1. The van der Waals surface area contributed by atoms with Crippen LogP contribution in [0.25, 0.3) is 142 Å². The summed E-state index contributed by atoms with van der Waals surface area (Å²) in [6.45, 7) is 17.7. The first-order valence-electron chi connectivity index (χ1n) is 39.4. The summed E-state index contributed by atoms with van der Waals surface area (Å²) in [6.07, 6.45) is 13.0. The fraction of sp³-hybridized carbons (Fsp3) is 0.102. The molecule has 18 aromatic rings. The summed E-state index contributed by atoms with van der Waals surface area (Å²) in [5.74, 6) is -0.527. The van der Waals surface area contributed by atoms with E-state index >= 15 is 0 Å². The van der Waals surface area contributed by atoms with Gasteiger partial charge in [0, 0.05) is 117 Å². The molecule has 5 heterocycles. The van der Waals surface area contributed by atoms with Gasteiger partial charge in [0.1, 0.15) is 5.69 Å². The third kappa shape index (κ3) is 28.7. The van der Waals surface area contributed by atoms with Crippen molar-refractivity contribution in [3.63, 3.8) is 0 Å². The molecule has 0 saturated heterocycles. The van der Waals surface area contributed by atoms with Gasteiger partial charge in [0.15, 0.2) is 0 Å². The Kier molecular flexibility index (Phi) is 38.7. The molecular formula is C108H93FIr4N5O8-. The molecule has 7 N–H and O–H groups in total. The van der Waals surface area contributed by atoms with Crippen LogP contribution in [-0.4, -0.2) is 83.0 Å². The Morgan fingerprint density at radius 1 is 0.341 bits per heavy atom. The number of allylic oxidation sites excluding steroid dienone is 6. The van der Waals surface area contributed by atoms with E-state index in [1.54, 1.807) is 18.2 Å². The Morgan fingerprint density at radius 3 is 0.984 bits per heavy atom. The second-order valence-electron chi connectivity index (χ2n) is 29.9. The fourth-order valence-corrected chi connectivity index (χ4v) is 13.3. The van der Waals surface area contributed by atoms with Crippen molar-refractivity contribution in [2.24, 2.45) is 0 Å². The van der Waals surface area contributed by atoms with Gasteiger partial charge in [-0.05, 0) is 153 Å². The molecule has 0 unspecified atom stereocenters. The third-order valence-corrected chi connectivity index (χ3v) is 19.1. The van der Waals surface area contributed by atoms with Crippen molar-refractivity contribution in [1.82, 2.24) is 24.9 Å². The van der Waals surface area contributed by atoms with Gasteiger partial charge in [-0.15, -0.1) is 136 Å². The molecule has 0 aliphatic rings. The first kappa shape index (κ1) is 100. The molecule has 0 spiro atoms. The summed E-state index contributed by atoms with van der Waals surface area (Å²) in [7, 11) is 0. The van der Waals surface area contributed by atoms with Crippen molar-refractivity contribution < 1.29 is 124 Å². The van der Waals surface area contributed by atoms with Gasteiger partial charge in [-0.1, -0.05) is 234 Å². The van der Waals surface area contributed by atoms with Crippen molar-refractivity contribution in [3.8, 4) is 56.2 Å². The number of nitrogens with zero attached hydrogens (tertiary/aromatic N) is 5. The summed E-state index contributed by atoms with van der Waals surface area (Å²) in [5, 5.41) is 52.9. The topological polar surface area (TPSA) is 227 Å². The van der Waals surface area contributed by atoms with E-state index in [9.17, 15) is 9.18 Å². The molecule has 0 aliphatic carbocycles. The number of aliphatic hydroxyl groups is 3. The van der Waals surface area contributed by atoms with Gasteiger partial charge in [-0.3, -0.25) is 18.8 Å². The van der Waals surface area contributed by atoms with Crippen LogP contribution in [0, 0.1) is 37.0 Å². The van der Waals surface area contributed by atoms with Crippen LogP contribution in [0.1, 0.15) is 83.9 Å². The number of ketones is 3. The maximum absolute atomic E-state index is 13.0. The van der Waals surface area contributed by atoms with Crippen molar-refractivity contribution >= 4 is 109 Å². The van der Waals surface area contributed by atoms with E-state index in [1.807, 2.05) is 61.2 Å². The summed E-state index contributed by atoms with van der Waals surface area (Å²) >= 11 is 0. The van der Waals surface area contributed by atoms with E-state index in [1.165, 1.54) is 176 Å². The Hall–Kier alpha value is -12.7. The predicted octanol–water partition coefficient (Wildman–Crippen LogP) is 26.6. The average molecular weight is 2380 g/mol. The summed E-state index contributed by atoms with van der Waals surface area (Å²) in [6, 6.07) is 111. The molecule has 642 valence electrons. The van der Waals surface area contributed by atoms with Crippen molar-refractivity contribution in [2.75, 3.05) is 0 Å². The van der Waals surface area contributed by atoms with Gasteiger partial charge in [0.25, 0.3) is 0 Å². The molecule has 5 aromatic heterocycles. The number of rotatable bonds is 9. The van der Waals surface area contributed by atoms with Gasteiger partial charge < -0.3 is 40.4 Å². The number of aliphatic hydroxyl groups excluding tert-OH is 3. The van der Waals surface area contributed by atoms with Crippen LogP contribution >= 0.6 is 0 Å². The summed E-state index contributed by atoms with van der Waals surface area (Å²) in [5.41, 5.74) is 12.7. The standard InChI is InChI=1S/C25H16N.C23H20N.C20H14N.C19H11FN.C6H5NO2.3C5H8O2.4Ir/c1-2-7-18(8-3-1)20-10-6-11-21(15-20)25-16-24-22(17-26-25)14-13-19-9-4-5-12-23(19)24;1-23(2,3)19-12-10-17(11-13-19)22-14-21-18(15-24-22)9-8-16-6-4-5-7-20(16)21;1-14-6-8-16(9-7-14)20-12-19-17(13-21-20)11-10-15-4-2-3-5-18(15)19;20-16-9-7-14(8-10-16)19-11-18-15(12-21-19)6-5-13-3-1-2-4-17(13)18;8-6(9)5-3-1-2-4-7-5;3*1-4(6)3-5(2)7;;;;/h1-10,12-17H;4-10,12-15H,1-3H3;2-8,10-13H,1H3;1-7,9-12H;1-4H,(H,8,9);3*3,6H,1-2H3;;;;/q4*-1;;;;;;;;/p+3. The van der Waals surface area contributed by atoms with E-state index in [-0.39, 0.29) is 132 Å². The van der Waals surface area contributed by atoms with Gasteiger partial charge >= 0.3 is 23.3 Å². The number of aryl methyl sites for hydroxylation is 1. The van der Waals surface area contributed by atoms with E-state index in [4.69, 9.17) is 34.8 Å². The van der Waals surface area contributed by atoms with Crippen molar-refractivity contribution in [2.45, 2.75) is 74.7 Å². The van der Waals surface area contributed by atoms with Crippen LogP contribution in [0.5, 0.6) is 0 Å². The maximum atomic E-state index is 13.0. The number of carbonyl (C=O) groups excluding carboxylic acids is 3. The molecule has 0 fully saturated rings. The zero-order valence-electron chi connectivity index (χ0n) is 70.8. The fourth-order valence-electron chi connectivity index (χ4n) is 13.3. The molecule has 18 heteroatoms. The second kappa shape index (κ2) is 48.5. The summed E-state index contributed by atoms with van der Waals surface area (Å²) < 4.78 is 13.0. The first-order chi connectivity index (χ1) is 58.7. The van der Waals surface area contributed by atoms with E-state index in [0.29, 0.717) is 0 Å². The Bertz CT molecular complexity index is 6610. The molecular weight excluding hydrogens is 2280 g/mol. The van der Waals surface area contributed by atoms with Crippen LogP contribution in [0.3, 0.4) is 0 Å². The molecule has 0 saturated carbocycles. The normalized spacial score (nSPS) is 10.8. The van der Waals surface area contributed by atoms with Gasteiger partial charge in [0.05, 0.1) is 56.3 Å². The Labute approximate surface area is 787 Å². The smallest absolute Gasteiger partial charge is 0.354 e. The SMILES string of the molecule is CC(=[OH+])C=C(C)O.CC(=[OH+])C=C(C)O.CC(=[OH+])C=C(C)O.CC(C)(C)c1c[c-]c(-c2cc3c(ccc4ccccc43)cn2)cc1.Cc1c[c-]c(-c2cc3c(ccc4ccccc43)cn2)cc1.Fc1c[c-]c(-c2cc3c(ccc4ccccc43)cn2)cc1.O=C(O)c1ccccn1.[Ir].[Ir].[Ir].[Ir].[c-]1ccc(-c2ccccc2)cc1-c1cc2c(ccc3ccccc32)cn1. The number of aromatic carboxylic acids is 1. The zero-order valence-corrected chi connectivity index (χ0v) is 80.4. The molecule has 4 radical (unpaired) electrons. The quantitative estimate of drug-likeness (QED) is 0.0351. The largest absolute Gasteiger partial charge is 0.512 e. The van der Waals surface area contributed by atoms with Crippen LogP contribution in [0.2, 0.25) is 0 Å². The molecule has 126 heavy (non-hydrogen) atoms. The van der Waals surface area contributed by atoms with Crippen LogP contribution in [-0.2, 0) is 85.8 Å². The number of aromatic nitrogens is 5. The van der Waals surface area contributed by atoms with Crippen LogP contribution < -0.4 is 0 Å². The molecule has 13 aromatic carbocycles. The third-order valence-electron chi connectivity index (χ3n) is 19.1. The Balaban J connectivity index is 0.000000206. The minimum Gasteiger partial charge on any atom is -0.512 e. The van der Waals surface area contributed by atoms with E-state index in [2.05, 4.69) is 295 Å². The number of carboxylic acid groups (broad SMARTS) is 1. The van der Waals surface area contributed by atoms with Crippen LogP contribution in [0.15, 0.2) is 358 Å². The monoisotopic (exact) mass is 2380 g/mol. The minimum atomic E-state index is -0.990. The summed E-state index contributed by atoms with van der Waals surface area (Å²) in [4.78, 5) is 57.3. The number of carbonyl (C=O) groups is 1. The molecule has 0 atom stereocenters. The predicted molar refractivity (Wildman–Crippen MR) is 501 cm³/mol. The zero-order chi connectivity index (χ0) is 86.8. The van der Waals surface area contributed by atoms with E-state index < -0.39 is 5.97 Å². The van der Waals surface area contributed by atoms with Gasteiger partial charge in [0.2, 0.25) is 0 Å². The Morgan fingerprint density at radius 2 is 0.683 bits per heavy atom. The number of pyridine rings is 5. The second-order valence-corrected chi connectivity index (χ2v) is 29.9. The molecule has 0 aliphatic heterocycles. The van der Waals surface area contributed by atoms with Crippen molar-refractivity contribution in [3.05, 3.63) is 405 Å². The van der Waals surface area contributed by atoms with Gasteiger partial charge in [-0.25, -0.2) is 9.78 Å². The number of fused-ring (bicyclic) bond motifs is 12. The van der Waals surface area contributed by atoms with Crippen molar-refractivity contribution in [1.29, 1.82) is 0 Å². The van der Waals surface area contributed by atoms with E-state index in [0.717, 1.165) is 61.2 Å². The molecule has 0 amide bonds. The first-order valence-corrected chi connectivity index (χ1v) is 39.4. The number of benzene rings is 13. The molecule has 18 rings (SSSR count). The maximum Gasteiger partial charge on any atom is 0.354 e.